The standard InChI is InChI=1S/C19H21N3O5S/c1-12(23)27-18-16(25-3)9-13(10-17(18)26-4)11-20-22-19(28)21-14-7-5-6-8-15(14)24-2/h5-11H,1-4H3,(H2,21,22,28). The van der Waals surface area contributed by atoms with Crippen molar-refractivity contribution in [3.63, 3.8) is 0 Å². The van der Waals surface area contributed by atoms with Gasteiger partial charge in [-0.15, -0.1) is 0 Å². The predicted octanol–water partition coefficient (Wildman–Crippen LogP) is 2.96. The number of rotatable bonds is 7. The highest BCUT2D eigenvalue weighted by Crippen LogP contribution is 2.38. The molecule has 0 unspecified atom stereocenters. The van der Waals surface area contributed by atoms with E-state index in [-0.39, 0.29) is 10.9 Å². The molecule has 0 spiro atoms. The molecule has 0 radical (unpaired) electrons. The van der Waals surface area contributed by atoms with Crippen LogP contribution in [0.4, 0.5) is 5.69 Å². The lowest BCUT2D eigenvalue weighted by atomic mass is 10.2. The molecule has 0 fully saturated rings. The number of thiocarbonyl (C=S) groups is 1. The van der Waals surface area contributed by atoms with E-state index >= 15 is 0 Å². The van der Waals surface area contributed by atoms with Gasteiger partial charge in [-0.05, 0) is 36.5 Å². The van der Waals surface area contributed by atoms with Gasteiger partial charge in [-0.1, -0.05) is 12.1 Å². The fourth-order valence-electron chi connectivity index (χ4n) is 2.28. The largest absolute Gasteiger partial charge is 0.495 e. The maximum absolute atomic E-state index is 11.3. The number of para-hydroxylation sites is 2. The molecule has 0 aliphatic heterocycles. The van der Waals surface area contributed by atoms with Crippen LogP contribution in [0, 0.1) is 0 Å². The van der Waals surface area contributed by atoms with E-state index < -0.39 is 5.97 Å². The molecular weight excluding hydrogens is 382 g/mol. The number of carbonyl (C=O) groups excluding carboxylic acids is 1. The van der Waals surface area contributed by atoms with E-state index in [0.29, 0.717) is 28.5 Å². The number of nitrogens with zero attached hydrogens (tertiary/aromatic N) is 1. The average molecular weight is 403 g/mol. The first-order valence-corrected chi connectivity index (χ1v) is 8.56. The minimum absolute atomic E-state index is 0.205. The maximum Gasteiger partial charge on any atom is 0.308 e. The van der Waals surface area contributed by atoms with E-state index in [1.54, 1.807) is 19.2 Å². The molecule has 9 heteroatoms. The maximum atomic E-state index is 11.3. The Morgan fingerprint density at radius 2 is 1.64 bits per heavy atom. The van der Waals surface area contributed by atoms with Crippen molar-refractivity contribution < 1.29 is 23.7 Å². The Morgan fingerprint density at radius 1 is 1.04 bits per heavy atom. The van der Waals surface area contributed by atoms with Crippen LogP contribution < -0.4 is 29.7 Å². The van der Waals surface area contributed by atoms with Gasteiger partial charge in [0.1, 0.15) is 5.75 Å². The molecule has 2 N–H and O–H groups in total. The van der Waals surface area contributed by atoms with Crippen molar-refractivity contribution >= 4 is 35.2 Å². The number of esters is 1. The van der Waals surface area contributed by atoms with Gasteiger partial charge >= 0.3 is 5.97 Å². The SMILES string of the molecule is COc1ccccc1NC(=S)NN=Cc1cc(OC)c(OC(C)=O)c(OC)c1. The second-order valence-corrected chi connectivity index (χ2v) is 5.78. The van der Waals surface area contributed by atoms with Gasteiger partial charge in [-0.2, -0.15) is 5.10 Å². The molecule has 2 rings (SSSR count). The van der Waals surface area contributed by atoms with Gasteiger partial charge in [0.25, 0.3) is 0 Å². The molecule has 0 aromatic heterocycles. The first kappa shape index (κ1) is 21.0. The van der Waals surface area contributed by atoms with Crippen molar-refractivity contribution in [2.45, 2.75) is 6.92 Å². The van der Waals surface area contributed by atoms with Gasteiger partial charge in [-0.25, -0.2) is 0 Å². The van der Waals surface area contributed by atoms with Crippen molar-refractivity contribution in [2.75, 3.05) is 26.6 Å². The van der Waals surface area contributed by atoms with E-state index in [1.807, 2.05) is 24.3 Å². The van der Waals surface area contributed by atoms with Gasteiger partial charge in [0.05, 0.1) is 33.2 Å². The Bertz CT molecular complexity index is 861. The van der Waals surface area contributed by atoms with Crippen LogP contribution in [0.2, 0.25) is 0 Å². The van der Waals surface area contributed by atoms with E-state index in [2.05, 4.69) is 15.8 Å². The summed E-state index contributed by atoms with van der Waals surface area (Å²) in [5.41, 5.74) is 4.08. The van der Waals surface area contributed by atoms with Crippen molar-refractivity contribution in [1.29, 1.82) is 0 Å². The molecule has 0 saturated heterocycles. The van der Waals surface area contributed by atoms with Crippen LogP contribution in [-0.4, -0.2) is 38.6 Å². The molecule has 28 heavy (non-hydrogen) atoms. The summed E-state index contributed by atoms with van der Waals surface area (Å²) < 4.78 is 21.0. The summed E-state index contributed by atoms with van der Waals surface area (Å²) in [7, 11) is 4.51. The van der Waals surface area contributed by atoms with Crippen molar-refractivity contribution in [2.24, 2.45) is 5.10 Å². The topological polar surface area (TPSA) is 90.4 Å². The molecule has 0 bridgehead atoms. The quantitative estimate of drug-likeness (QED) is 0.240. The van der Waals surface area contributed by atoms with E-state index in [1.165, 1.54) is 27.4 Å². The summed E-state index contributed by atoms with van der Waals surface area (Å²) in [5, 5.41) is 7.38. The first-order valence-electron chi connectivity index (χ1n) is 8.16. The highest BCUT2D eigenvalue weighted by atomic mass is 32.1. The minimum Gasteiger partial charge on any atom is -0.495 e. The van der Waals surface area contributed by atoms with Gasteiger partial charge in [-0.3, -0.25) is 10.2 Å². The molecular formula is C19H21N3O5S. The number of methoxy groups -OCH3 is 3. The van der Waals surface area contributed by atoms with Crippen LogP contribution in [0.15, 0.2) is 41.5 Å². The zero-order valence-electron chi connectivity index (χ0n) is 15.9. The van der Waals surface area contributed by atoms with Crippen LogP contribution in [0.25, 0.3) is 0 Å². The number of hydrogen-bond donors (Lipinski definition) is 2. The number of ether oxygens (including phenoxy) is 4. The number of hydrogen-bond acceptors (Lipinski definition) is 7. The van der Waals surface area contributed by atoms with Gasteiger partial charge in [0.2, 0.25) is 5.75 Å². The fourth-order valence-corrected chi connectivity index (χ4v) is 2.45. The molecule has 148 valence electrons. The lowest BCUT2D eigenvalue weighted by Gasteiger charge is -2.13. The summed E-state index contributed by atoms with van der Waals surface area (Å²) in [6.07, 6.45) is 1.53. The zero-order chi connectivity index (χ0) is 20.5. The van der Waals surface area contributed by atoms with Crippen LogP contribution >= 0.6 is 12.2 Å². The molecule has 8 nitrogen and oxygen atoms in total. The number of anilines is 1. The molecule has 2 aromatic carbocycles. The van der Waals surface area contributed by atoms with Crippen LogP contribution in [0.5, 0.6) is 23.0 Å². The Labute approximate surface area is 168 Å². The molecule has 0 saturated carbocycles. The Kier molecular flexibility index (Phi) is 7.58. The highest BCUT2D eigenvalue weighted by Gasteiger charge is 2.15. The number of hydrazone groups is 1. The number of benzene rings is 2. The number of nitrogens with one attached hydrogen (secondary N) is 2. The Hall–Kier alpha value is -3.33. The lowest BCUT2D eigenvalue weighted by molar-refractivity contribution is -0.132. The minimum atomic E-state index is -0.479. The normalized spacial score (nSPS) is 10.3. The zero-order valence-corrected chi connectivity index (χ0v) is 16.8. The molecule has 0 amide bonds. The van der Waals surface area contributed by atoms with Crippen LogP contribution in [0.3, 0.4) is 0 Å². The Morgan fingerprint density at radius 3 is 2.21 bits per heavy atom. The predicted molar refractivity (Wildman–Crippen MR) is 111 cm³/mol. The third kappa shape index (κ3) is 5.58. The van der Waals surface area contributed by atoms with Crippen LogP contribution in [-0.2, 0) is 4.79 Å². The van der Waals surface area contributed by atoms with Gasteiger partial charge in [0, 0.05) is 12.5 Å². The smallest absolute Gasteiger partial charge is 0.308 e. The van der Waals surface area contributed by atoms with Crippen LogP contribution in [0.1, 0.15) is 12.5 Å². The first-order chi connectivity index (χ1) is 13.5. The number of carbonyl (C=O) groups is 1. The van der Waals surface area contributed by atoms with E-state index in [4.69, 9.17) is 31.2 Å². The lowest BCUT2D eigenvalue weighted by Crippen LogP contribution is -2.24. The molecule has 2 aromatic rings. The van der Waals surface area contributed by atoms with E-state index in [9.17, 15) is 4.79 Å². The second-order valence-electron chi connectivity index (χ2n) is 5.37. The Balaban J connectivity index is 2.11. The molecule has 0 aliphatic rings. The summed E-state index contributed by atoms with van der Waals surface area (Å²) in [6, 6.07) is 10.7. The van der Waals surface area contributed by atoms with Crippen molar-refractivity contribution in [3.05, 3.63) is 42.0 Å². The van der Waals surface area contributed by atoms with E-state index in [0.717, 1.165) is 0 Å². The summed E-state index contributed by atoms with van der Waals surface area (Å²) in [6.45, 7) is 1.30. The third-order valence-corrected chi connectivity index (χ3v) is 3.66. The average Bonchev–Trinajstić information content (AvgIpc) is 2.68. The molecule has 0 aliphatic carbocycles. The summed E-state index contributed by atoms with van der Waals surface area (Å²) in [4.78, 5) is 11.3. The summed E-state index contributed by atoms with van der Waals surface area (Å²) in [5.74, 6) is 1.06. The van der Waals surface area contributed by atoms with Crippen molar-refractivity contribution in [3.8, 4) is 23.0 Å². The fraction of sp³-hybridized carbons (Fsp3) is 0.211. The van der Waals surface area contributed by atoms with Gasteiger partial charge < -0.3 is 24.3 Å². The third-order valence-electron chi connectivity index (χ3n) is 3.46. The highest BCUT2D eigenvalue weighted by molar-refractivity contribution is 7.80. The molecule has 0 atom stereocenters. The monoisotopic (exact) mass is 403 g/mol. The van der Waals surface area contributed by atoms with Crippen molar-refractivity contribution in [1.82, 2.24) is 5.43 Å². The molecule has 0 heterocycles. The second kappa shape index (κ2) is 10.1. The van der Waals surface area contributed by atoms with Gasteiger partial charge in [0.15, 0.2) is 16.6 Å². The summed E-state index contributed by atoms with van der Waals surface area (Å²) >= 11 is 5.23.